The van der Waals surface area contributed by atoms with E-state index in [-0.39, 0.29) is 55.5 Å². The molecule has 5 atom stereocenters. The summed E-state index contributed by atoms with van der Waals surface area (Å²) in [5, 5.41) is 21.3. The number of nitrogens with one attached hydrogen (secondary N) is 1. The first-order valence-electron chi connectivity index (χ1n) is 17.6. The molecule has 2 fully saturated rings. The number of likely N-dealkylation sites (tertiary alicyclic amines) is 1. The highest BCUT2D eigenvalue weighted by atomic mass is 16.7. The number of aliphatic hydroxyl groups is 1. The van der Waals surface area contributed by atoms with Gasteiger partial charge in [0.25, 0.3) is 0 Å². The molecular weight excluding hydrogens is 636 g/mol. The number of aliphatic hydroxyl groups excluding tert-OH is 1. The normalized spacial score (nSPS) is 22.6. The van der Waals surface area contributed by atoms with Crippen LogP contribution in [0.1, 0.15) is 94.4 Å². The van der Waals surface area contributed by atoms with Crippen LogP contribution in [-0.2, 0) is 41.7 Å². The highest BCUT2D eigenvalue weighted by Crippen LogP contribution is 2.42. The second-order valence-electron chi connectivity index (χ2n) is 14.4. The third kappa shape index (κ3) is 10.0. The van der Waals surface area contributed by atoms with Crippen molar-refractivity contribution in [2.75, 3.05) is 13.1 Å². The molecule has 0 unspecified atom stereocenters. The van der Waals surface area contributed by atoms with Crippen LogP contribution in [0.15, 0.2) is 72.8 Å². The minimum absolute atomic E-state index is 0.0224. The Morgan fingerprint density at radius 2 is 1.64 bits per heavy atom. The van der Waals surface area contributed by atoms with Crippen molar-refractivity contribution in [2.45, 2.75) is 103 Å². The SMILES string of the molecule is C[C@@H]1[C@H](CN2CCC[C@H]2C(=O)OC(C)(C)C)O[C@H](c2ccc(-c3cccc(CNC(=O)CCCC(=O)O)c3)cc2)O[C@@H]1c1ccc(CO)cc1. The second-order valence-corrected chi connectivity index (χ2v) is 14.4. The van der Waals surface area contributed by atoms with Crippen LogP contribution in [0, 0.1) is 5.92 Å². The van der Waals surface area contributed by atoms with Crippen molar-refractivity contribution in [3.63, 3.8) is 0 Å². The molecule has 2 heterocycles. The molecule has 2 aliphatic heterocycles. The van der Waals surface area contributed by atoms with Crippen molar-refractivity contribution in [2.24, 2.45) is 5.92 Å². The third-order valence-electron chi connectivity index (χ3n) is 9.31. The van der Waals surface area contributed by atoms with E-state index in [0.29, 0.717) is 19.5 Å². The van der Waals surface area contributed by atoms with E-state index in [4.69, 9.17) is 19.3 Å². The number of aliphatic carboxylic acids is 1. The summed E-state index contributed by atoms with van der Waals surface area (Å²) in [5.41, 5.74) is 5.08. The summed E-state index contributed by atoms with van der Waals surface area (Å²) in [6.07, 6.45) is 0.986. The van der Waals surface area contributed by atoms with Crippen molar-refractivity contribution in [1.29, 1.82) is 0 Å². The van der Waals surface area contributed by atoms with Crippen LogP contribution in [-0.4, -0.2) is 63.8 Å². The third-order valence-corrected chi connectivity index (χ3v) is 9.31. The van der Waals surface area contributed by atoms with Gasteiger partial charge in [-0.25, -0.2) is 0 Å². The molecule has 0 aromatic heterocycles. The first-order valence-corrected chi connectivity index (χ1v) is 17.6. The van der Waals surface area contributed by atoms with Gasteiger partial charge in [-0.05, 0) is 80.5 Å². The average Bonchev–Trinajstić information content (AvgIpc) is 3.56. The molecular formula is C40H50N2O8. The largest absolute Gasteiger partial charge is 0.481 e. The molecule has 10 heteroatoms. The molecule has 1 amide bonds. The van der Waals surface area contributed by atoms with Crippen LogP contribution >= 0.6 is 0 Å². The van der Waals surface area contributed by atoms with Gasteiger partial charge in [-0.1, -0.05) is 73.7 Å². The minimum Gasteiger partial charge on any atom is -0.481 e. The van der Waals surface area contributed by atoms with E-state index in [1.54, 1.807) is 0 Å². The van der Waals surface area contributed by atoms with Crippen LogP contribution in [0.3, 0.4) is 0 Å². The number of ether oxygens (including phenoxy) is 3. The summed E-state index contributed by atoms with van der Waals surface area (Å²) in [6.45, 7) is 9.48. The molecule has 0 aliphatic carbocycles. The minimum atomic E-state index is -0.906. The number of hydrogen-bond donors (Lipinski definition) is 3. The Morgan fingerprint density at radius 1 is 0.920 bits per heavy atom. The molecule has 2 aliphatic rings. The van der Waals surface area contributed by atoms with Gasteiger partial charge in [-0.3, -0.25) is 19.3 Å². The number of rotatable bonds is 13. The predicted octanol–water partition coefficient (Wildman–Crippen LogP) is 6.31. The molecule has 3 N–H and O–H groups in total. The van der Waals surface area contributed by atoms with Crippen LogP contribution in [0.4, 0.5) is 0 Å². The number of carboxylic acid groups (broad SMARTS) is 1. The van der Waals surface area contributed by atoms with E-state index in [0.717, 1.165) is 52.8 Å². The first kappa shape index (κ1) is 37.2. The number of carbonyl (C=O) groups excluding carboxylic acids is 2. The predicted molar refractivity (Wildman–Crippen MR) is 189 cm³/mol. The summed E-state index contributed by atoms with van der Waals surface area (Å²) < 4.78 is 19.1. The van der Waals surface area contributed by atoms with Crippen molar-refractivity contribution < 1.29 is 38.8 Å². The monoisotopic (exact) mass is 686 g/mol. The maximum absolute atomic E-state index is 13.1. The average molecular weight is 687 g/mol. The molecule has 0 spiro atoms. The van der Waals surface area contributed by atoms with Gasteiger partial charge in [0.1, 0.15) is 11.6 Å². The first-order chi connectivity index (χ1) is 23.9. The van der Waals surface area contributed by atoms with Crippen LogP contribution < -0.4 is 5.32 Å². The Morgan fingerprint density at radius 3 is 2.32 bits per heavy atom. The van der Waals surface area contributed by atoms with Gasteiger partial charge in [-0.15, -0.1) is 0 Å². The molecule has 10 nitrogen and oxygen atoms in total. The lowest BCUT2D eigenvalue weighted by molar-refractivity contribution is -0.276. The molecule has 3 aromatic carbocycles. The van der Waals surface area contributed by atoms with E-state index < -0.39 is 17.9 Å². The smallest absolute Gasteiger partial charge is 0.323 e. The molecule has 0 bridgehead atoms. The summed E-state index contributed by atoms with van der Waals surface area (Å²) in [6, 6.07) is 23.5. The number of nitrogens with zero attached hydrogens (tertiary/aromatic N) is 1. The van der Waals surface area contributed by atoms with Crippen LogP contribution in [0.25, 0.3) is 11.1 Å². The van der Waals surface area contributed by atoms with Gasteiger partial charge in [-0.2, -0.15) is 0 Å². The molecule has 0 saturated carbocycles. The van der Waals surface area contributed by atoms with Crippen molar-refractivity contribution in [1.82, 2.24) is 10.2 Å². The van der Waals surface area contributed by atoms with Crippen molar-refractivity contribution >= 4 is 17.8 Å². The van der Waals surface area contributed by atoms with E-state index in [9.17, 15) is 19.5 Å². The van der Waals surface area contributed by atoms with Crippen molar-refractivity contribution in [3.05, 3.63) is 95.1 Å². The molecule has 3 aromatic rings. The van der Waals surface area contributed by atoms with Gasteiger partial charge in [0.15, 0.2) is 6.29 Å². The number of benzene rings is 3. The molecule has 268 valence electrons. The highest BCUT2D eigenvalue weighted by Gasteiger charge is 2.42. The Kier molecular flexibility index (Phi) is 12.4. The fourth-order valence-corrected chi connectivity index (χ4v) is 6.62. The molecule has 2 saturated heterocycles. The summed E-state index contributed by atoms with van der Waals surface area (Å²) in [5.74, 6) is -1.30. The van der Waals surface area contributed by atoms with Gasteiger partial charge >= 0.3 is 11.9 Å². The Hall–Kier alpha value is -4.09. The Balaban J connectivity index is 1.31. The van der Waals surface area contributed by atoms with Gasteiger partial charge < -0.3 is 29.7 Å². The lowest BCUT2D eigenvalue weighted by Gasteiger charge is -2.43. The molecule has 50 heavy (non-hydrogen) atoms. The highest BCUT2D eigenvalue weighted by molar-refractivity contribution is 5.77. The standard InChI is InChI=1S/C40H50N2O8/c1-26-34(24-42-21-7-10-33(42)38(47)50-40(2,3)4)48-39(49-37(26)30-15-13-27(25-43)14-16-30)31-19-17-29(18-20-31)32-9-5-8-28(22-32)23-41-35(44)11-6-12-36(45)46/h5,8-9,13-20,22,26,33-34,37,39,43H,6-7,10-12,21,23-25H2,1-4H3,(H,41,44)(H,45,46)/t26-,33+,34+,37+,39+/m1/s1. The lowest BCUT2D eigenvalue weighted by Crippen LogP contribution is -2.48. The van der Waals surface area contributed by atoms with E-state index in [1.807, 2.05) is 93.6 Å². The van der Waals surface area contributed by atoms with E-state index in [2.05, 4.69) is 17.1 Å². The van der Waals surface area contributed by atoms with E-state index in [1.165, 1.54) is 0 Å². The molecule has 0 radical (unpaired) electrons. The quantitative estimate of drug-likeness (QED) is 0.177. The lowest BCUT2D eigenvalue weighted by atomic mass is 9.89. The number of amides is 1. The van der Waals surface area contributed by atoms with Gasteiger partial charge in [0.2, 0.25) is 5.91 Å². The van der Waals surface area contributed by atoms with Crippen LogP contribution in [0.2, 0.25) is 0 Å². The summed E-state index contributed by atoms with van der Waals surface area (Å²) >= 11 is 0. The Labute approximate surface area is 294 Å². The number of carbonyl (C=O) groups is 3. The summed E-state index contributed by atoms with van der Waals surface area (Å²) in [4.78, 5) is 38.2. The zero-order valence-corrected chi connectivity index (χ0v) is 29.5. The van der Waals surface area contributed by atoms with Gasteiger partial charge in [0.05, 0.1) is 18.8 Å². The topological polar surface area (TPSA) is 135 Å². The maximum atomic E-state index is 13.1. The fourth-order valence-electron chi connectivity index (χ4n) is 6.62. The van der Waals surface area contributed by atoms with Crippen molar-refractivity contribution in [3.8, 4) is 11.1 Å². The second kappa shape index (κ2) is 16.7. The van der Waals surface area contributed by atoms with E-state index >= 15 is 0 Å². The number of esters is 1. The number of carboxylic acids is 1. The zero-order valence-electron chi connectivity index (χ0n) is 29.5. The zero-order chi connectivity index (χ0) is 35.8. The fraction of sp³-hybridized carbons (Fsp3) is 0.475. The maximum Gasteiger partial charge on any atom is 0.323 e. The van der Waals surface area contributed by atoms with Gasteiger partial charge in [0, 0.05) is 37.4 Å². The summed E-state index contributed by atoms with van der Waals surface area (Å²) in [7, 11) is 0. The van der Waals surface area contributed by atoms with Crippen LogP contribution in [0.5, 0.6) is 0 Å². The molecule has 5 rings (SSSR count). The Bertz CT molecular complexity index is 1600. The number of hydrogen-bond acceptors (Lipinski definition) is 8.